The van der Waals surface area contributed by atoms with Gasteiger partial charge in [-0.3, -0.25) is 0 Å². The molecular formula is C45H34N2. The van der Waals surface area contributed by atoms with Crippen molar-refractivity contribution in [3.8, 4) is 27.9 Å². The van der Waals surface area contributed by atoms with Crippen molar-refractivity contribution in [1.29, 1.82) is 0 Å². The smallest absolute Gasteiger partial charge is 0.0561 e. The largest absolute Gasteiger partial charge is 0.310 e. The van der Waals surface area contributed by atoms with Gasteiger partial charge in [-0.25, -0.2) is 0 Å². The van der Waals surface area contributed by atoms with Crippen LogP contribution in [0.15, 0.2) is 170 Å². The average molecular weight is 603 g/mol. The van der Waals surface area contributed by atoms with Gasteiger partial charge in [-0.1, -0.05) is 129 Å². The number of nitrogens with zero attached hydrogens (tertiary/aromatic N) is 2. The molecule has 1 heterocycles. The van der Waals surface area contributed by atoms with Crippen molar-refractivity contribution in [2.75, 3.05) is 4.90 Å². The van der Waals surface area contributed by atoms with E-state index < -0.39 is 0 Å². The lowest BCUT2D eigenvalue weighted by Crippen LogP contribution is -2.15. The highest BCUT2D eigenvalue weighted by Crippen LogP contribution is 2.51. The lowest BCUT2D eigenvalue weighted by molar-refractivity contribution is 0.660. The minimum atomic E-state index is -0.0395. The van der Waals surface area contributed by atoms with Crippen LogP contribution in [0.5, 0.6) is 0 Å². The molecule has 0 radical (unpaired) electrons. The zero-order chi connectivity index (χ0) is 31.5. The Hall–Kier alpha value is -5.86. The maximum Gasteiger partial charge on any atom is 0.0561 e. The third-order valence-electron chi connectivity index (χ3n) is 9.99. The predicted octanol–water partition coefficient (Wildman–Crippen LogP) is 12.2. The van der Waals surface area contributed by atoms with E-state index in [9.17, 15) is 0 Å². The van der Waals surface area contributed by atoms with Crippen LogP contribution in [0.25, 0.3) is 49.7 Å². The Morgan fingerprint density at radius 2 is 1.00 bits per heavy atom. The molecule has 0 unspecified atom stereocenters. The Kier molecular flexibility index (Phi) is 6.20. The maximum atomic E-state index is 2.41. The first kappa shape index (κ1) is 27.5. The van der Waals surface area contributed by atoms with Crippen LogP contribution in [0, 0.1) is 0 Å². The predicted molar refractivity (Wildman–Crippen MR) is 198 cm³/mol. The summed E-state index contributed by atoms with van der Waals surface area (Å²) >= 11 is 0. The van der Waals surface area contributed by atoms with Crippen LogP contribution < -0.4 is 4.90 Å². The lowest BCUT2D eigenvalue weighted by Gasteiger charge is -2.27. The number of anilines is 3. The Morgan fingerprint density at radius 3 is 1.81 bits per heavy atom. The first-order valence-electron chi connectivity index (χ1n) is 16.4. The topological polar surface area (TPSA) is 8.17 Å². The van der Waals surface area contributed by atoms with Crippen LogP contribution in [0.1, 0.15) is 25.0 Å². The molecule has 1 aliphatic rings. The van der Waals surface area contributed by atoms with Crippen molar-refractivity contribution in [3.63, 3.8) is 0 Å². The van der Waals surface area contributed by atoms with Crippen LogP contribution in [-0.2, 0) is 5.41 Å². The molecule has 8 aromatic rings. The summed E-state index contributed by atoms with van der Waals surface area (Å²) in [5.41, 5.74) is 14.7. The van der Waals surface area contributed by atoms with E-state index in [1.165, 1.54) is 55.2 Å². The molecule has 7 aromatic carbocycles. The molecular weight excluding hydrogens is 569 g/mol. The van der Waals surface area contributed by atoms with E-state index in [0.29, 0.717) is 0 Å². The maximum absolute atomic E-state index is 2.41. The SMILES string of the molecule is CC1(C)c2ccccc2-c2cc(N(c3ccc(-c4ccccc4)cc3)c3ccc4c5ccccc5n(-c5ccccc5)c4c3)ccc21. The van der Waals surface area contributed by atoms with Crippen molar-refractivity contribution < 1.29 is 0 Å². The van der Waals surface area contributed by atoms with Gasteiger partial charge in [0.2, 0.25) is 0 Å². The highest BCUT2D eigenvalue weighted by Gasteiger charge is 2.35. The lowest BCUT2D eigenvalue weighted by atomic mass is 9.82. The standard InChI is InChI=1S/C45H34N2/c1-45(2)41-19-11-9-17-37(41)40-29-35(26-28-42(40)45)46(34-23-21-32(22-24-34)31-13-5-3-6-14-31)36-25-27-39-38-18-10-12-20-43(38)47(44(39)30-36)33-15-7-4-8-16-33/h3-30H,1-2H3. The monoisotopic (exact) mass is 602 g/mol. The third-order valence-corrected chi connectivity index (χ3v) is 9.99. The molecule has 0 N–H and O–H groups in total. The fourth-order valence-corrected chi connectivity index (χ4v) is 7.68. The van der Waals surface area contributed by atoms with Gasteiger partial charge in [0.1, 0.15) is 0 Å². The normalized spacial score (nSPS) is 13.1. The molecule has 47 heavy (non-hydrogen) atoms. The molecule has 0 saturated heterocycles. The van der Waals surface area contributed by atoms with E-state index in [2.05, 4.69) is 193 Å². The summed E-state index contributed by atoms with van der Waals surface area (Å²) in [5.74, 6) is 0. The number of rotatable bonds is 5. The van der Waals surface area contributed by atoms with Crippen molar-refractivity contribution in [2.24, 2.45) is 0 Å². The molecule has 0 fully saturated rings. The molecule has 2 nitrogen and oxygen atoms in total. The molecule has 1 aliphatic carbocycles. The minimum absolute atomic E-state index is 0.0395. The Balaban J connectivity index is 1.27. The molecule has 2 heteroatoms. The van der Waals surface area contributed by atoms with Gasteiger partial charge in [-0.05, 0) is 88.0 Å². The molecule has 9 rings (SSSR count). The summed E-state index contributed by atoms with van der Waals surface area (Å²) in [5, 5.41) is 2.50. The second-order valence-corrected chi connectivity index (χ2v) is 13.0. The van der Waals surface area contributed by atoms with Gasteiger partial charge in [-0.2, -0.15) is 0 Å². The number of para-hydroxylation sites is 2. The summed E-state index contributed by atoms with van der Waals surface area (Å²) < 4.78 is 2.40. The average Bonchev–Trinajstić information content (AvgIpc) is 3.57. The van der Waals surface area contributed by atoms with Crippen molar-refractivity contribution >= 4 is 38.9 Å². The number of fused-ring (bicyclic) bond motifs is 6. The Bertz CT molecular complexity index is 2420. The summed E-state index contributed by atoms with van der Waals surface area (Å²) in [6.07, 6.45) is 0. The molecule has 1 aromatic heterocycles. The fourth-order valence-electron chi connectivity index (χ4n) is 7.68. The molecule has 0 amide bonds. The van der Waals surface area contributed by atoms with Gasteiger partial charge in [0, 0.05) is 38.9 Å². The molecule has 0 aliphatic heterocycles. The first-order chi connectivity index (χ1) is 23.1. The van der Waals surface area contributed by atoms with Crippen LogP contribution in [0.4, 0.5) is 17.1 Å². The third kappa shape index (κ3) is 4.33. The van der Waals surface area contributed by atoms with E-state index in [1.54, 1.807) is 0 Å². The number of benzene rings is 7. The highest BCUT2D eigenvalue weighted by molar-refractivity contribution is 6.10. The molecule has 0 atom stereocenters. The second kappa shape index (κ2) is 10.6. The van der Waals surface area contributed by atoms with Crippen LogP contribution in [0.2, 0.25) is 0 Å². The van der Waals surface area contributed by atoms with E-state index in [0.717, 1.165) is 22.7 Å². The summed E-state index contributed by atoms with van der Waals surface area (Å²) in [7, 11) is 0. The quantitative estimate of drug-likeness (QED) is 0.190. The van der Waals surface area contributed by atoms with Gasteiger partial charge >= 0.3 is 0 Å². The van der Waals surface area contributed by atoms with E-state index in [-0.39, 0.29) is 5.41 Å². The Morgan fingerprint density at radius 1 is 0.426 bits per heavy atom. The van der Waals surface area contributed by atoms with Gasteiger partial charge in [-0.15, -0.1) is 0 Å². The molecule has 224 valence electrons. The zero-order valence-electron chi connectivity index (χ0n) is 26.6. The Labute approximate surface area is 275 Å². The summed E-state index contributed by atoms with van der Waals surface area (Å²) in [6, 6.07) is 61.9. The fraction of sp³-hybridized carbons (Fsp3) is 0.0667. The zero-order valence-corrected chi connectivity index (χ0v) is 26.6. The summed E-state index contributed by atoms with van der Waals surface area (Å²) in [4.78, 5) is 2.41. The number of aromatic nitrogens is 1. The van der Waals surface area contributed by atoms with E-state index in [1.807, 2.05) is 0 Å². The van der Waals surface area contributed by atoms with Crippen LogP contribution in [0.3, 0.4) is 0 Å². The second-order valence-electron chi connectivity index (χ2n) is 13.0. The number of hydrogen-bond acceptors (Lipinski definition) is 1. The molecule has 0 saturated carbocycles. The van der Waals surface area contributed by atoms with E-state index in [4.69, 9.17) is 0 Å². The number of hydrogen-bond donors (Lipinski definition) is 0. The van der Waals surface area contributed by atoms with Crippen molar-refractivity contribution in [2.45, 2.75) is 19.3 Å². The van der Waals surface area contributed by atoms with Gasteiger partial charge in [0.25, 0.3) is 0 Å². The summed E-state index contributed by atoms with van der Waals surface area (Å²) in [6.45, 7) is 4.68. The van der Waals surface area contributed by atoms with Crippen molar-refractivity contribution in [3.05, 3.63) is 181 Å². The molecule has 0 spiro atoms. The van der Waals surface area contributed by atoms with Gasteiger partial charge < -0.3 is 9.47 Å². The van der Waals surface area contributed by atoms with Crippen LogP contribution in [-0.4, -0.2) is 4.57 Å². The first-order valence-corrected chi connectivity index (χ1v) is 16.4. The highest BCUT2D eigenvalue weighted by atomic mass is 15.1. The van der Waals surface area contributed by atoms with Gasteiger partial charge in [0.05, 0.1) is 11.0 Å². The van der Waals surface area contributed by atoms with Crippen molar-refractivity contribution in [1.82, 2.24) is 4.57 Å². The van der Waals surface area contributed by atoms with Gasteiger partial charge in [0.15, 0.2) is 0 Å². The van der Waals surface area contributed by atoms with E-state index >= 15 is 0 Å². The van der Waals surface area contributed by atoms with Crippen LogP contribution >= 0.6 is 0 Å². The minimum Gasteiger partial charge on any atom is -0.310 e. The molecule has 0 bridgehead atoms.